The van der Waals surface area contributed by atoms with Crippen LogP contribution in [0.15, 0.2) is 0 Å². The lowest BCUT2D eigenvalue weighted by molar-refractivity contribution is 0.469. The van der Waals surface area contributed by atoms with Crippen molar-refractivity contribution in [2.45, 2.75) is 71.9 Å². The molecular formula is C13H26N4. The Labute approximate surface area is 105 Å². The predicted molar refractivity (Wildman–Crippen MR) is 70.9 cm³/mol. The molecule has 0 radical (unpaired) electrons. The second-order valence-electron chi connectivity index (χ2n) is 4.92. The Hall–Kier alpha value is -0.900. The van der Waals surface area contributed by atoms with Gasteiger partial charge in [-0.25, -0.2) is 0 Å². The third-order valence-corrected chi connectivity index (χ3v) is 3.13. The van der Waals surface area contributed by atoms with E-state index in [0.29, 0.717) is 18.5 Å². The molecule has 0 aliphatic heterocycles. The van der Waals surface area contributed by atoms with E-state index in [1.54, 1.807) is 0 Å². The highest BCUT2D eigenvalue weighted by Gasteiger charge is 2.20. The van der Waals surface area contributed by atoms with Gasteiger partial charge in [0.2, 0.25) is 0 Å². The van der Waals surface area contributed by atoms with Gasteiger partial charge in [-0.1, -0.05) is 26.7 Å². The second kappa shape index (κ2) is 6.74. The van der Waals surface area contributed by atoms with Crippen molar-refractivity contribution in [2.75, 3.05) is 0 Å². The summed E-state index contributed by atoms with van der Waals surface area (Å²) in [5.74, 6) is 2.57. The lowest BCUT2D eigenvalue weighted by Crippen LogP contribution is -2.15. The summed E-state index contributed by atoms with van der Waals surface area (Å²) in [4.78, 5) is 0. The molecule has 0 saturated carbocycles. The van der Waals surface area contributed by atoms with Crippen LogP contribution in [-0.4, -0.2) is 14.8 Å². The van der Waals surface area contributed by atoms with E-state index in [2.05, 4.69) is 42.5 Å². The molecule has 1 aromatic rings. The quantitative estimate of drug-likeness (QED) is 0.794. The molecule has 2 N–H and O–H groups in total. The van der Waals surface area contributed by atoms with Crippen molar-refractivity contribution in [3.63, 3.8) is 0 Å². The fraction of sp³-hybridized carbons (Fsp3) is 0.846. The van der Waals surface area contributed by atoms with Crippen molar-refractivity contribution in [2.24, 2.45) is 5.73 Å². The minimum Gasteiger partial charge on any atom is -0.324 e. The van der Waals surface area contributed by atoms with Crippen LogP contribution in [0.4, 0.5) is 0 Å². The molecule has 0 aliphatic carbocycles. The van der Waals surface area contributed by atoms with Gasteiger partial charge in [0.25, 0.3) is 0 Å². The first-order valence-corrected chi connectivity index (χ1v) is 6.79. The standard InChI is InChI=1S/C13H26N4/c1-5-7-11(8-6-2)13-16-15-12(9-14)17(13)10(3)4/h10-11H,5-9,14H2,1-4H3. The first-order chi connectivity index (χ1) is 8.15. The molecule has 0 atom stereocenters. The zero-order valence-electron chi connectivity index (χ0n) is 11.6. The van der Waals surface area contributed by atoms with Gasteiger partial charge < -0.3 is 10.3 Å². The molecular weight excluding hydrogens is 212 g/mol. The highest BCUT2D eigenvalue weighted by molar-refractivity contribution is 5.03. The molecule has 0 bridgehead atoms. The van der Waals surface area contributed by atoms with Gasteiger partial charge in [0.05, 0.1) is 6.54 Å². The smallest absolute Gasteiger partial charge is 0.147 e. The summed E-state index contributed by atoms with van der Waals surface area (Å²) in [7, 11) is 0. The molecule has 4 nitrogen and oxygen atoms in total. The summed E-state index contributed by atoms with van der Waals surface area (Å²) in [6.07, 6.45) is 4.74. The van der Waals surface area contributed by atoms with E-state index in [1.807, 2.05) is 0 Å². The van der Waals surface area contributed by atoms with E-state index in [4.69, 9.17) is 5.73 Å². The first kappa shape index (κ1) is 14.2. The van der Waals surface area contributed by atoms with Gasteiger partial charge in [-0.05, 0) is 26.7 Å². The van der Waals surface area contributed by atoms with E-state index < -0.39 is 0 Å². The van der Waals surface area contributed by atoms with Gasteiger partial charge in [0.1, 0.15) is 11.6 Å². The number of rotatable bonds is 7. The lowest BCUT2D eigenvalue weighted by atomic mass is 9.97. The number of nitrogens with zero attached hydrogens (tertiary/aromatic N) is 3. The van der Waals surface area contributed by atoms with Crippen molar-refractivity contribution < 1.29 is 0 Å². The van der Waals surface area contributed by atoms with Crippen LogP contribution in [0.5, 0.6) is 0 Å². The fourth-order valence-electron chi connectivity index (χ4n) is 2.42. The van der Waals surface area contributed by atoms with Gasteiger partial charge >= 0.3 is 0 Å². The van der Waals surface area contributed by atoms with Crippen LogP contribution >= 0.6 is 0 Å². The Bertz CT molecular complexity index is 324. The zero-order chi connectivity index (χ0) is 12.8. The number of hydrogen-bond donors (Lipinski definition) is 1. The summed E-state index contributed by atoms with van der Waals surface area (Å²) in [5.41, 5.74) is 5.73. The third kappa shape index (κ3) is 3.28. The molecule has 0 fully saturated rings. The summed E-state index contributed by atoms with van der Waals surface area (Å²) < 4.78 is 2.22. The summed E-state index contributed by atoms with van der Waals surface area (Å²) in [5, 5.41) is 8.61. The Morgan fingerprint density at radius 3 is 2.12 bits per heavy atom. The highest BCUT2D eigenvalue weighted by Crippen LogP contribution is 2.27. The number of hydrogen-bond acceptors (Lipinski definition) is 3. The summed E-state index contributed by atoms with van der Waals surface area (Å²) in [6, 6.07) is 0.384. The maximum absolute atomic E-state index is 5.73. The maximum atomic E-state index is 5.73. The third-order valence-electron chi connectivity index (χ3n) is 3.13. The molecule has 1 rings (SSSR count). The van der Waals surface area contributed by atoms with Crippen LogP contribution in [0.2, 0.25) is 0 Å². The molecule has 4 heteroatoms. The van der Waals surface area contributed by atoms with Gasteiger partial charge in [0, 0.05) is 12.0 Å². The van der Waals surface area contributed by atoms with Crippen LogP contribution in [0.1, 0.15) is 77.0 Å². The Kier molecular flexibility index (Phi) is 5.62. The highest BCUT2D eigenvalue weighted by atomic mass is 15.3. The van der Waals surface area contributed by atoms with Crippen molar-refractivity contribution in [3.8, 4) is 0 Å². The normalized spacial score (nSPS) is 11.7. The largest absolute Gasteiger partial charge is 0.324 e. The fourth-order valence-corrected chi connectivity index (χ4v) is 2.42. The van der Waals surface area contributed by atoms with E-state index in [-0.39, 0.29) is 0 Å². The lowest BCUT2D eigenvalue weighted by Gasteiger charge is -2.19. The van der Waals surface area contributed by atoms with Crippen LogP contribution in [0.3, 0.4) is 0 Å². The molecule has 0 spiro atoms. The van der Waals surface area contributed by atoms with Crippen LogP contribution in [0, 0.1) is 0 Å². The topological polar surface area (TPSA) is 56.7 Å². The Balaban J connectivity index is 3.04. The summed E-state index contributed by atoms with van der Waals surface area (Å²) >= 11 is 0. The molecule has 0 aliphatic rings. The minimum absolute atomic E-state index is 0.384. The van der Waals surface area contributed by atoms with Crippen molar-refractivity contribution in [1.29, 1.82) is 0 Å². The molecule has 98 valence electrons. The van der Waals surface area contributed by atoms with Crippen molar-refractivity contribution in [1.82, 2.24) is 14.8 Å². The molecule has 0 unspecified atom stereocenters. The van der Waals surface area contributed by atoms with Crippen LogP contribution in [-0.2, 0) is 6.54 Å². The monoisotopic (exact) mass is 238 g/mol. The van der Waals surface area contributed by atoms with Crippen molar-refractivity contribution >= 4 is 0 Å². The van der Waals surface area contributed by atoms with E-state index in [9.17, 15) is 0 Å². The Morgan fingerprint density at radius 2 is 1.71 bits per heavy atom. The Morgan fingerprint density at radius 1 is 1.12 bits per heavy atom. The summed E-state index contributed by atoms with van der Waals surface area (Å²) in [6.45, 7) is 9.25. The average molecular weight is 238 g/mol. The molecule has 0 saturated heterocycles. The van der Waals surface area contributed by atoms with Crippen LogP contribution in [0.25, 0.3) is 0 Å². The number of aromatic nitrogens is 3. The SMILES string of the molecule is CCCC(CCC)c1nnc(CN)n1C(C)C. The zero-order valence-corrected chi connectivity index (χ0v) is 11.6. The van der Waals surface area contributed by atoms with E-state index in [0.717, 1.165) is 11.6 Å². The molecule has 17 heavy (non-hydrogen) atoms. The average Bonchev–Trinajstić information content (AvgIpc) is 2.72. The van der Waals surface area contributed by atoms with Crippen LogP contribution < -0.4 is 5.73 Å². The van der Waals surface area contributed by atoms with Gasteiger partial charge in [-0.2, -0.15) is 0 Å². The number of nitrogens with two attached hydrogens (primary N) is 1. The first-order valence-electron chi connectivity index (χ1n) is 6.79. The molecule has 0 aromatic carbocycles. The minimum atomic E-state index is 0.384. The van der Waals surface area contributed by atoms with Gasteiger partial charge in [-0.3, -0.25) is 0 Å². The van der Waals surface area contributed by atoms with E-state index >= 15 is 0 Å². The second-order valence-corrected chi connectivity index (χ2v) is 4.92. The van der Waals surface area contributed by atoms with E-state index in [1.165, 1.54) is 25.7 Å². The maximum Gasteiger partial charge on any atom is 0.147 e. The van der Waals surface area contributed by atoms with Crippen molar-refractivity contribution in [3.05, 3.63) is 11.6 Å². The molecule has 1 aromatic heterocycles. The molecule has 1 heterocycles. The molecule has 0 amide bonds. The van der Waals surface area contributed by atoms with Gasteiger partial charge in [-0.15, -0.1) is 10.2 Å². The predicted octanol–water partition coefficient (Wildman–Crippen LogP) is 3.00. The van der Waals surface area contributed by atoms with Gasteiger partial charge in [0.15, 0.2) is 0 Å².